The second-order valence-electron chi connectivity index (χ2n) is 6.74. The molecule has 0 saturated heterocycles. The molecule has 3 N–H and O–H groups in total. The van der Waals surface area contributed by atoms with Crippen molar-refractivity contribution in [1.82, 2.24) is 19.7 Å². The quantitative estimate of drug-likeness (QED) is 0.689. The first kappa shape index (κ1) is 17.4. The molecule has 2 aromatic heterocycles. The Morgan fingerprint density at radius 1 is 1.15 bits per heavy atom. The van der Waals surface area contributed by atoms with Crippen LogP contribution in [0.1, 0.15) is 37.4 Å². The van der Waals surface area contributed by atoms with E-state index in [1.54, 1.807) is 26.4 Å². The normalized spacial score (nSPS) is 14.6. The number of benzene rings is 1. The molecule has 3 aromatic rings. The Morgan fingerprint density at radius 3 is 2.63 bits per heavy atom. The first-order valence-electron chi connectivity index (χ1n) is 9.15. The average Bonchev–Trinajstić information content (AvgIpc) is 3.37. The number of methoxy groups -OCH3 is 2. The van der Waals surface area contributed by atoms with Crippen LogP contribution in [0.15, 0.2) is 24.4 Å². The van der Waals surface area contributed by atoms with Crippen LogP contribution in [0.5, 0.6) is 11.5 Å². The zero-order valence-electron chi connectivity index (χ0n) is 15.6. The molecule has 0 aliphatic heterocycles. The highest BCUT2D eigenvalue weighted by Crippen LogP contribution is 2.33. The van der Waals surface area contributed by atoms with Gasteiger partial charge in [-0.2, -0.15) is 10.1 Å². The van der Waals surface area contributed by atoms with Crippen LogP contribution in [0.3, 0.4) is 0 Å². The Labute approximate surface area is 157 Å². The molecule has 1 aromatic carbocycles. The molecule has 1 aliphatic carbocycles. The molecular weight excluding hydrogens is 344 g/mol. The number of aromatic nitrogens is 4. The first-order chi connectivity index (χ1) is 13.2. The third-order valence-corrected chi connectivity index (χ3v) is 5.02. The van der Waals surface area contributed by atoms with E-state index in [-0.39, 0.29) is 0 Å². The van der Waals surface area contributed by atoms with Crippen molar-refractivity contribution in [2.75, 3.05) is 25.3 Å². The largest absolute Gasteiger partial charge is 0.493 e. The van der Waals surface area contributed by atoms with Gasteiger partial charge in [0.1, 0.15) is 5.82 Å². The van der Waals surface area contributed by atoms with Crippen molar-refractivity contribution in [3.8, 4) is 11.5 Å². The third-order valence-electron chi connectivity index (χ3n) is 5.02. The molecule has 0 atom stereocenters. The van der Waals surface area contributed by atoms with E-state index in [1.807, 2.05) is 6.07 Å². The van der Waals surface area contributed by atoms with Crippen molar-refractivity contribution in [2.45, 2.75) is 38.3 Å². The molecule has 27 heavy (non-hydrogen) atoms. The Bertz CT molecular complexity index is 949. The van der Waals surface area contributed by atoms with Crippen molar-refractivity contribution in [3.63, 3.8) is 0 Å². The lowest BCUT2D eigenvalue weighted by atomic mass is 10.2. The van der Waals surface area contributed by atoms with Crippen molar-refractivity contribution >= 4 is 22.7 Å². The minimum Gasteiger partial charge on any atom is -0.493 e. The standard InChI is InChI=1S/C19H24N6O2/c1-26-16-9-14-15(10-17(16)27-2)22-19(23-18(14)20)21-11-12-7-8-25(24-12)13-5-3-4-6-13/h7-10,13H,3-6,11H2,1-2H3,(H3,20,21,22,23). The van der Waals surface area contributed by atoms with Gasteiger partial charge in [-0.05, 0) is 25.0 Å². The van der Waals surface area contributed by atoms with E-state index in [4.69, 9.17) is 15.2 Å². The average molecular weight is 368 g/mol. The fourth-order valence-electron chi connectivity index (χ4n) is 3.57. The van der Waals surface area contributed by atoms with E-state index >= 15 is 0 Å². The van der Waals surface area contributed by atoms with E-state index in [1.165, 1.54) is 25.7 Å². The zero-order valence-corrected chi connectivity index (χ0v) is 15.6. The van der Waals surface area contributed by atoms with Gasteiger partial charge < -0.3 is 20.5 Å². The number of nitrogen functional groups attached to an aromatic ring is 1. The summed E-state index contributed by atoms with van der Waals surface area (Å²) in [6, 6.07) is 6.15. The summed E-state index contributed by atoms with van der Waals surface area (Å²) in [4.78, 5) is 8.90. The van der Waals surface area contributed by atoms with Crippen LogP contribution < -0.4 is 20.5 Å². The summed E-state index contributed by atoms with van der Waals surface area (Å²) >= 11 is 0. The van der Waals surface area contributed by atoms with E-state index in [0.29, 0.717) is 41.4 Å². The van der Waals surface area contributed by atoms with Crippen LogP contribution in [0.25, 0.3) is 10.9 Å². The van der Waals surface area contributed by atoms with Gasteiger partial charge in [-0.25, -0.2) is 4.98 Å². The lowest BCUT2D eigenvalue weighted by molar-refractivity contribution is 0.356. The molecule has 1 saturated carbocycles. The predicted molar refractivity (Wildman–Crippen MR) is 104 cm³/mol. The van der Waals surface area contributed by atoms with Crippen molar-refractivity contribution in [1.29, 1.82) is 0 Å². The highest BCUT2D eigenvalue weighted by Gasteiger charge is 2.17. The molecule has 8 nitrogen and oxygen atoms in total. The molecule has 0 unspecified atom stereocenters. The monoisotopic (exact) mass is 368 g/mol. The Kier molecular flexibility index (Phi) is 4.70. The Hall–Kier alpha value is -3.03. The topological polar surface area (TPSA) is 100 Å². The van der Waals surface area contributed by atoms with Gasteiger partial charge in [-0.3, -0.25) is 4.68 Å². The molecule has 0 radical (unpaired) electrons. The molecule has 0 amide bonds. The summed E-state index contributed by atoms with van der Waals surface area (Å²) in [5.41, 5.74) is 7.77. The summed E-state index contributed by atoms with van der Waals surface area (Å²) < 4.78 is 12.7. The molecule has 4 rings (SSSR count). The molecule has 142 valence electrons. The zero-order chi connectivity index (χ0) is 18.8. The highest BCUT2D eigenvalue weighted by molar-refractivity contribution is 5.91. The van der Waals surface area contributed by atoms with E-state index in [0.717, 1.165) is 11.1 Å². The number of fused-ring (bicyclic) bond motifs is 1. The van der Waals surface area contributed by atoms with Crippen molar-refractivity contribution in [3.05, 3.63) is 30.1 Å². The van der Waals surface area contributed by atoms with Crippen LogP contribution in [-0.2, 0) is 6.54 Å². The van der Waals surface area contributed by atoms with Gasteiger partial charge in [-0.1, -0.05) is 12.8 Å². The van der Waals surface area contributed by atoms with E-state index in [9.17, 15) is 0 Å². The molecule has 0 bridgehead atoms. The minimum atomic E-state index is 0.389. The molecule has 1 fully saturated rings. The van der Waals surface area contributed by atoms with Crippen LogP contribution in [0.2, 0.25) is 0 Å². The minimum absolute atomic E-state index is 0.389. The molecule has 0 spiro atoms. The fourth-order valence-corrected chi connectivity index (χ4v) is 3.57. The van der Waals surface area contributed by atoms with Crippen molar-refractivity contribution in [2.24, 2.45) is 0 Å². The smallest absolute Gasteiger partial charge is 0.225 e. The summed E-state index contributed by atoms with van der Waals surface area (Å²) in [6.07, 6.45) is 7.06. The van der Waals surface area contributed by atoms with Crippen molar-refractivity contribution < 1.29 is 9.47 Å². The SMILES string of the molecule is COc1cc2nc(NCc3ccn(C4CCCC4)n3)nc(N)c2cc1OC. The maximum Gasteiger partial charge on any atom is 0.225 e. The van der Waals surface area contributed by atoms with Crippen LogP contribution in [0, 0.1) is 0 Å². The third kappa shape index (κ3) is 3.47. The van der Waals surface area contributed by atoms with Gasteiger partial charge in [0.15, 0.2) is 11.5 Å². The molecule has 2 heterocycles. The summed E-state index contributed by atoms with van der Waals surface area (Å²) in [5.74, 6) is 2.05. The molecular formula is C19H24N6O2. The maximum absolute atomic E-state index is 6.12. The predicted octanol–water partition coefficient (Wildman–Crippen LogP) is 3.15. The maximum atomic E-state index is 6.12. The number of anilines is 2. The van der Waals surface area contributed by atoms with Gasteiger partial charge >= 0.3 is 0 Å². The second kappa shape index (κ2) is 7.30. The molecule has 1 aliphatic rings. The fraction of sp³-hybridized carbons (Fsp3) is 0.421. The van der Waals surface area contributed by atoms with Gasteiger partial charge in [0, 0.05) is 17.6 Å². The molecule has 8 heteroatoms. The van der Waals surface area contributed by atoms with Crippen LogP contribution in [-0.4, -0.2) is 34.0 Å². The Morgan fingerprint density at radius 2 is 1.89 bits per heavy atom. The lowest BCUT2D eigenvalue weighted by Gasteiger charge is -2.11. The summed E-state index contributed by atoms with van der Waals surface area (Å²) in [7, 11) is 3.18. The second-order valence-corrected chi connectivity index (χ2v) is 6.74. The number of rotatable bonds is 6. The Balaban J connectivity index is 1.53. The van der Waals surface area contributed by atoms with E-state index < -0.39 is 0 Å². The number of nitrogens with one attached hydrogen (secondary N) is 1. The number of hydrogen-bond acceptors (Lipinski definition) is 7. The van der Waals surface area contributed by atoms with Gasteiger partial charge in [0.2, 0.25) is 5.95 Å². The number of nitrogens with two attached hydrogens (primary N) is 1. The number of nitrogens with zero attached hydrogens (tertiary/aromatic N) is 4. The number of ether oxygens (including phenoxy) is 2. The van der Waals surface area contributed by atoms with Crippen LogP contribution >= 0.6 is 0 Å². The highest BCUT2D eigenvalue weighted by atomic mass is 16.5. The van der Waals surface area contributed by atoms with Gasteiger partial charge in [0.25, 0.3) is 0 Å². The number of hydrogen-bond donors (Lipinski definition) is 2. The summed E-state index contributed by atoms with van der Waals surface area (Å²) in [6.45, 7) is 0.540. The summed E-state index contributed by atoms with van der Waals surface area (Å²) in [5, 5.41) is 8.61. The van der Waals surface area contributed by atoms with Crippen LogP contribution in [0.4, 0.5) is 11.8 Å². The lowest BCUT2D eigenvalue weighted by Crippen LogP contribution is -2.09. The van der Waals surface area contributed by atoms with Gasteiger partial charge in [-0.15, -0.1) is 0 Å². The van der Waals surface area contributed by atoms with Gasteiger partial charge in [0.05, 0.1) is 38.0 Å². The first-order valence-corrected chi connectivity index (χ1v) is 9.15. The van der Waals surface area contributed by atoms with E-state index in [2.05, 4.69) is 31.3 Å².